The molecule has 2 atom stereocenters. The van der Waals surface area contributed by atoms with Gasteiger partial charge in [-0.1, -0.05) is 0 Å². The molecule has 2 aliphatic rings. The second-order valence-corrected chi connectivity index (χ2v) is 2.57. The number of hydrogen-bond acceptors (Lipinski definition) is 4. The van der Waals surface area contributed by atoms with Crippen molar-refractivity contribution in [1.29, 1.82) is 0 Å². The number of aliphatic hydroxyl groups excluding tert-OH is 1. The molecular weight excluding hydrogens is 148 g/mol. The highest BCUT2D eigenvalue weighted by Crippen LogP contribution is 2.30. The molecule has 0 saturated carbocycles. The van der Waals surface area contributed by atoms with Crippen LogP contribution in [0.15, 0.2) is 11.6 Å². The highest BCUT2D eigenvalue weighted by Gasteiger charge is 2.52. The third-order valence-corrected chi connectivity index (χ3v) is 1.83. The lowest BCUT2D eigenvalue weighted by Gasteiger charge is -2.02. The smallest absolute Gasteiger partial charge is 0.193 e. The molecule has 4 heteroatoms. The van der Waals surface area contributed by atoms with Crippen LogP contribution in [0.25, 0.3) is 0 Å². The van der Waals surface area contributed by atoms with E-state index in [1.165, 1.54) is 0 Å². The fourth-order valence-corrected chi connectivity index (χ4v) is 1.16. The van der Waals surface area contributed by atoms with Crippen molar-refractivity contribution in [2.75, 3.05) is 6.61 Å². The minimum absolute atomic E-state index is 0.161. The molecule has 0 radical (unpaired) electrons. The maximum Gasteiger partial charge on any atom is 0.193 e. The topological polar surface area (TPSA) is 66.9 Å². The molecule has 1 aliphatic carbocycles. The molecule has 1 heterocycles. The number of carbonyl (C=O) groups excluding carboxylic acids is 2. The van der Waals surface area contributed by atoms with Crippen molar-refractivity contribution in [3.63, 3.8) is 0 Å². The maximum atomic E-state index is 11.0. The zero-order valence-electron chi connectivity index (χ0n) is 5.61. The lowest BCUT2D eigenvalue weighted by Crippen LogP contribution is -2.24. The van der Waals surface area contributed by atoms with E-state index in [-0.39, 0.29) is 23.7 Å². The summed E-state index contributed by atoms with van der Waals surface area (Å²) in [7, 11) is 0. The molecule has 0 bridgehead atoms. The van der Waals surface area contributed by atoms with Crippen molar-refractivity contribution in [3.8, 4) is 0 Å². The zero-order chi connectivity index (χ0) is 8.01. The molecule has 0 aromatic heterocycles. The quantitative estimate of drug-likeness (QED) is 0.483. The third-order valence-electron chi connectivity index (χ3n) is 1.83. The second-order valence-electron chi connectivity index (χ2n) is 2.57. The Balaban J connectivity index is 2.32. The van der Waals surface area contributed by atoms with Gasteiger partial charge in [0.2, 0.25) is 0 Å². The number of carbonyl (C=O) groups is 2. The highest BCUT2D eigenvalue weighted by atomic mass is 16.6. The molecular formula is C7H6O4. The van der Waals surface area contributed by atoms with Crippen LogP contribution < -0.4 is 0 Å². The Kier molecular flexibility index (Phi) is 1.21. The number of aliphatic hydroxyl groups is 1. The predicted octanol–water partition coefficient (Wildman–Crippen LogP) is -1.18. The van der Waals surface area contributed by atoms with Crippen LogP contribution in [-0.4, -0.2) is 35.5 Å². The number of ether oxygens (including phenoxy) is 1. The number of ketones is 2. The summed E-state index contributed by atoms with van der Waals surface area (Å²) in [5.74, 6) is -0.462. The van der Waals surface area contributed by atoms with Crippen LogP contribution in [0.5, 0.6) is 0 Å². The molecule has 0 aromatic rings. The number of Topliss-reactive ketones (excluding diaryl/α,β-unsaturated/α-hetero) is 1. The summed E-state index contributed by atoms with van der Waals surface area (Å²) in [6, 6.07) is 0. The lowest BCUT2D eigenvalue weighted by atomic mass is 9.98. The van der Waals surface area contributed by atoms with E-state index in [0.717, 1.165) is 6.08 Å². The Morgan fingerprint density at radius 1 is 1.45 bits per heavy atom. The predicted molar refractivity (Wildman–Crippen MR) is 33.8 cm³/mol. The summed E-state index contributed by atoms with van der Waals surface area (Å²) in [5.41, 5.74) is 0.161. The lowest BCUT2D eigenvalue weighted by molar-refractivity contribution is -0.120. The van der Waals surface area contributed by atoms with Crippen LogP contribution in [-0.2, 0) is 14.3 Å². The van der Waals surface area contributed by atoms with Crippen LogP contribution in [0.1, 0.15) is 0 Å². The molecule has 4 nitrogen and oxygen atoms in total. The molecule has 11 heavy (non-hydrogen) atoms. The fourth-order valence-electron chi connectivity index (χ4n) is 1.16. The van der Waals surface area contributed by atoms with Crippen LogP contribution >= 0.6 is 0 Å². The Morgan fingerprint density at radius 2 is 2.18 bits per heavy atom. The molecule has 2 unspecified atom stereocenters. The van der Waals surface area contributed by atoms with Gasteiger partial charge in [-0.2, -0.15) is 0 Å². The first-order chi connectivity index (χ1) is 5.24. The van der Waals surface area contributed by atoms with Gasteiger partial charge < -0.3 is 9.84 Å². The molecule has 2 rings (SSSR count). The minimum Gasteiger partial charge on any atom is -0.392 e. The summed E-state index contributed by atoms with van der Waals surface area (Å²) in [6.45, 7) is -0.378. The van der Waals surface area contributed by atoms with Crippen LogP contribution in [0.2, 0.25) is 0 Å². The van der Waals surface area contributed by atoms with Gasteiger partial charge in [-0.3, -0.25) is 9.59 Å². The van der Waals surface area contributed by atoms with Gasteiger partial charge in [-0.25, -0.2) is 0 Å². The molecule has 0 aromatic carbocycles. The largest absolute Gasteiger partial charge is 0.392 e. The van der Waals surface area contributed by atoms with Crippen molar-refractivity contribution in [2.24, 2.45) is 0 Å². The van der Waals surface area contributed by atoms with E-state index in [4.69, 9.17) is 9.84 Å². The third kappa shape index (κ3) is 0.834. The van der Waals surface area contributed by atoms with Gasteiger partial charge in [-0.05, 0) is 6.08 Å². The van der Waals surface area contributed by atoms with Gasteiger partial charge in [0.1, 0.15) is 0 Å². The molecule has 1 fully saturated rings. The Bertz CT molecular complexity index is 266. The van der Waals surface area contributed by atoms with Gasteiger partial charge >= 0.3 is 0 Å². The summed E-state index contributed by atoms with van der Waals surface area (Å²) in [4.78, 5) is 21.9. The Labute approximate surface area is 62.5 Å². The van der Waals surface area contributed by atoms with E-state index in [2.05, 4.69) is 0 Å². The summed E-state index contributed by atoms with van der Waals surface area (Å²) < 4.78 is 4.77. The van der Waals surface area contributed by atoms with Gasteiger partial charge in [0, 0.05) is 5.57 Å². The number of epoxide rings is 1. The highest BCUT2D eigenvalue weighted by molar-refractivity contribution is 6.15. The van der Waals surface area contributed by atoms with Crippen LogP contribution in [0, 0.1) is 0 Å². The van der Waals surface area contributed by atoms with Crippen molar-refractivity contribution in [2.45, 2.75) is 12.2 Å². The van der Waals surface area contributed by atoms with Crippen LogP contribution in [0.4, 0.5) is 0 Å². The van der Waals surface area contributed by atoms with E-state index in [1.807, 2.05) is 0 Å². The Morgan fingerprint density at radius 3 is 2.82 bits per heavy atom. The van der Waals surface area contributed by atoms with E-state index in [0.29, 0.717) is 0 Å². The van der Waals surface area contributed by atoms with Crippen molar-refractivity contribution in [1.82, 2.24) is 0 Å². The molecule has 1 saturated heterocycles. The summed E-state index contributed by atoms with van der Waals surface area (Å²) >= 11 is 0. The number of rotatable bonds is 1. The Hall–Kier alpha value is -1.00. The molecule has 1 N–H and O–H groups in total. The second kappa shape index (κ2) is 1.99. The minimum atomic E-state index is -0.588. The SMILES string of the molecule is O=C1C=C(CO)C(=O)C2OC12. The first-order valence-corrected chi connectivity index (χ1v) is 3.29. The van der Waals surface area contributed by atoms with Gasteiger partial charge in [0.05, 0.1) is 6.61 Å². The zero-order valence-corrected chi connectivity index (χ0v) is 5.61. The summed E-state index contributed by atoms with van der Waals surface area (Å²) in [5, 5.41) is 8.62. The fraction of sp³-hybridized carbons (Fsp3) is 0.429. The van der Waals surface area contributed by atoms with Gasteiger partial charge in [0.15, 0.2) is 23.8 Å². The average Bonchev–Trinajstić information content (AvgIpc) is 2.75. The van der Waals surface area contributed by atoms with E-state index >= 15 is 0 Å². The van der Waals surface area contributed by atoms with E-state index in [1.54, 1.807) is 0 Å². The maximum absolute atomic E-state index is 11.0. The van der Waals surface area contributed by atoms with E-state index in [9.17, 15) is 9.59 Å². The molecule has 1 aliphatic heterocycles. The first kappa shape index (κ1) is 6.69. The first-order valence-electron chi connectivity index (χ1n) is 3.29. The van der Waals surface area contributed by atoms with Crippen molar-refractivity contribution >= 4 is 11.6 Å². The molecule has 0 spiro atoms. The van der Waals surface area contributed by atoms with Crippen molar-refractivity contribution in [3.05, 3.63) is 11.6 Å². The normalized spacial score (nSPS) is 34.8. The van der Waals surface area contributed by atoms with Crippen LogP contribution in [0.3, 0.4) is 0 Å². The van der Waals surface area contributed by atoms with Crippen molar-refractivity contribution < 1.29 is 19.4 Å². The molecule has 58 valence electrons. The van der Waals surface area contributed by atoms with E-state index < -0.39 is 12.2 Å². The van der Waals surface area contributed by atoms with Gasteiger partial charge in [0.25, 0.3) is 0 Å². The summed E-state index contributed by atoms with van der Waals surface area (Å²) in [6.07, 6.45) is 0.0312. The monoisotopic (exact) mass is 154 g/mol. The standard InChI is InChI=1S/C7H6O4/c8-2-3-1-4(9)6-7(11-6)5(3)10/h1,6-8H,2H2. The number of fused-ring (bicyclic) bond motifs is 1. The average molecular weight is 154 g/mol. The molecule has 0 amide bonds. The number of hydrogen-bond donors (Lipinski definition) is 1. The van der Waals surface area contributed by atoms with Gasteiger partial charge in [-0.15, -0.1) is 0 Å².